The second-order valence-electron chi connectivity index (χ2n) is 4.12. The zero-order valence-corrected chi connectivity index (χ0v) is 8.90. The number of esters is 1. The molecule has 0 saturated heterocycles. The molecule has 1 unspecified atom stereocenters. The zero-order valence-electron chi connectivity index (χ0n) is 8.90. The van der Waals surface area contributed by atoms with E-state index in [4.69, 9.17) is 9.84 Å². The highest BCUT2D eigenvalue weighted by molar-refractivity contribution is 5.90. The molecule has 0 aromatic rings. The number of ether oxygens (including phenoxy) is 1. The minimum Gasteiger partial charge on any atom is -0.478 e. The molecule has 0 amide bonds. The first-order valence-corrected chi connectivity index (χ1v) is 4.35. The summed E-state index contributed by atoms with van der Waals surface area (Å²) in [7, 11) is 0. The number of carboxylic acid groups (broad SMARTS) is 1. The van der Waals surface area contributed by atoms with Crippen LogP contribution >= 0.6 is 0 Å². The molecular weight excluding hydrogens is 184 g/mol. The van der Waals surface area contributed by atoms with Gasteiger partial charge in [-0.2, -0.15) is 0 Å². The van der Waals surface area contributed by atoms with Gasteiger partial charge in [0.2, 0.25) is 0 Å². The topological polar surface area (TPSA) is 63.6 Å². The molecule has 4 heteroatoms. The van der Waals surface area contributed by atoms with Crippen LogP contribution in [-0.4, -0.2) is 23.1 Å². The van der Waals surface area contributed by atoms with Crippen molar-refractivity contribution >= 4 is 11.9 Å². The summed E-state index contributed by atoms with van der Waals surface area (Å²) in [5.41, 5.74) is -0.146. The molecule has 1 atom stereocenters. The van der Waals surface area contributed by atoms with Gasteiger partial charge in [-0.3, -0.25) is 0 Å². The summed E-state index contributed by atoms with van der Waals surface area (Å²) in [6.45, 7) is 7.58. The Morgan fingerprint density at radius 2 is 1.79 bits per heavy atom. The Morgan fingerprint density at radius 3 is 2.14 bits per heavy atom. The molecule has 0 spiro atoms. The van der Waals surface area contributed by atoms with Gasteiger partial charge >= 0.3 is 11.9 Å². The van der Waals surface area contributed by atoms with E-state index in [1.54, 1.807) is 6.92 Å². The van der Waals surface area contributed by atoms with Gasteiger partial charge in [0.1, 0.15) is 6.10 Å². The Kier molecular flexibility index (Phi) is 4.34. The van der Waals surface area contributed by atoms with Gasteiger partial charge in [0, 0.05) is 12.2 Å². The van der Waals surface area contributed by atoms with E-state index in [1.165, 1.54) is 0 Å². The number of carboxylic acids is 1. The van der Waals surface area contributed by atoms with Gasteiger partial charge in [-0.1, -0.05) is 20.8 Å². The highest BCUT2D eigenvalue weighted by Gasteiger charge is 2.22. The number of aliphatic carboxylic acids is 1. The number of hydrogen-bond acceptors (Lipinski definition) is 3. The second-order valence-corrected chi connectivity index (χ2v) is 4.12. The molecule has 0 fully saturated rings. The second kappa shape index (κ2) is 4.79. The van der Waals surface area contributed by atoms with Crippen LogP contribution in [0, 0.1) is 5.41 Å². The molecule has 0 heterocycles. The van der Waals surface area contributed by atoms with Crippen LogP contribution in [0.25, 0.3) is 0 Å². The van der Waals surface area contributed by atoms with E-state index < -0.39 is 11.9 Å². The van der Waals surface area contributed by atoms with Crippen LogP contribution in [0.15, 0.2) is 12.2 Å². The van der Waals surface area contributed by atoms with Crippen LogP contribution < -0.4 is 0 Å². The Balaban J connectivity index is 4.14. The van der Waals surface area contributed by atoms with Crippen molar-refractivity contribution in [2.75, 3.05) is 0 Å². The number of carbonyl (C=O) groups is 2. The number of rotatable bonds is 3. The molecule has 0 aromatic carbocycles. The fourth-order valence-corrected chi connectivity index (χ4v) is 0.530. The van der Waals surface area contributed by atoms with Crippen LogP contribution in [0.4, 0.5) is 0 Å². The first kappa shape index (κ1) is 12.7. The zero-order chi connectivity index (χ0) is 11.4. The molecule has 0 aliphatic heterocycles. The van der Waals surface area contributed by atoms with Crippen LogP contribution in [0.1, 0.15) is 27.7 Å². The average molecular weight is 200 g/mol. The van der Waals surface area contributed by atoms with E-state index >= 15 is 0 Å². The predicted octanol–water partition coefficient (Wildman–Crippen LogP) is 1.60. The minimum atomic E-state index is -1.16. The van der Waals surface area contributed by atoms with Gasteiger partial charge in [0.15, 0.2) is 0 Å². The van der Waals surface area contributed by atoms with Crippen molar-refractivity contribution in [3.8, 4) is 0 Å². The molecule has 0 rings (SSSR count). The third kappa shape index (κ3) is 5.35. The maximum absolute atomic E-state index is 11.0. The van der Waals surface area contributed by atoms with Crippen LogP contribution in [-0.2, 0) is 14.3 Å². The van der Waals surface area contributed by atoms with Gasteiger partial charge in [-0.05, 0) is 12.3 Å². The normalized spacial score (nSPS) is 14.0. The SMILES string of the molecule is CC(OC(=O)/C=C/C(=O)O)C(C)(C)C. The minimum absolute atomic E-state index is 0.146. The van der Waals surface area contributed by atoms with Crippen molar-refractivity contribution in [2.24, 2.45) is 5.41 Å². The molecule has 0 radical (unpaired) electrons. The number of hydrogen-bond donors (Lipinski definition) is 1. The molecule has 14 heavy (non-hydrogen) atoms. The molecular formula is C10H16O4. The molecule has 4 nitrogen and oxygen atoms in total. The lowest BCUT2D eigenvalue weighted by molar-refractivity contribution is -0.147. The first-order chi connectivity index (χ1) is 6.23. The summed E-state index contributed by atoms with van der Waals surface area (Å²) in [5, 5.41) is 8.26. The maximum Gasteiger partial charge on any atom is 0.331 e. The number of carbonyl (C=O) groups excluding carboxylic acids is 1. The van der Waals surface area contributed by atoms with Gasteiger partial charge in [0.25, 0.3) is 0 Å². The third-order valence-corrected chi connectivity index (χ3v) is 1.87. The van der Waals surface area contributed by atoms with Crippen molar-refractivity contribution < 1.29 is 19.4 Å². The van der Waals surface area contributed by atoms with E-state index in [2.05, 4.69) is 0 Å². The van der Waals surface area contributed by atoms with Crippen molar-refractivity contribution in [1.82, 2.24) is 0 Å². The molecule has 0 aromatic heterocycles. The maximum atomic E-state index is 11.0. The molecule has 0 aliphatic carbocycles. The monoisotopic (exact) mass is 200 g/mol. The standard InChI is InChI=1S/C10H16O4/c1-7(10(2,3)4)14-9(13)6-5-8(11)12/h5-7H,1-4H3,(H,11,12)/b6-5+. The molecule has 80 valence electrons. The van der Waals surface area contributed by atoms with Crippen molar-refractivity contribution in [2.45, 2.75) is 33.8 Å². The third-order valence-electron chi connectivity index (χ3n) is 1.87. The molecule has 0 aliphatic rings. The lowest BCUT2D eigenvalue weighted by atomic mass is 9.90. The van der Waals surface area contributed by atoms with E-state index in [9.17, 15) is 9.59 Å². The van der Waals surface area contributed by atoms with Gasteiger partial charge in [-0.25, -0.2) is 9.59 Å². The highest BCUT2D eigenvalue weighted by atomic mass is 16.5. The lowest BCUT2D eigenvalue weighted by Crippen LogP contribution is -2.28. The van der Waals surface area contributed by atoms with E-state index in [0.717, 1.165) is 12.2 Å². The summed E-state index contributed by atoms with van der Waals surface area (Å²) in [6, 6.07) is 0. The fourth-order valence-electron chi connectivity index (χ4n) is 0.530. The van der Waals surface area contributed by atoms with E-state index in [0.29, 0.717) is 0 Å². The predicted molar refractivity (Wildman–Crippen MR) is 51.8 cm³/mol. The van der Waals surface area contributed by atoms with Crippen molar-refractivity contribution in [3.63, 3.8) is 0 Å². The van der Waals surface area contributed by atoms with Crippen molar-refractivity contribution in [1.29, 1.82) is 0 Å². The smallest absolute Gasteiger partial charge is 0.331 e. The van der Waals surface area contributed by atoms with Crippen molar-refractivity contribution in [3.05, 3.63) is 12.2 Å². The Morgan fingerprint density at radius 1 is 1.29 bits per heavy atom. The summed E-state index contributed by atoms with van der Waals surface area (Å²) >= 11 is 0. The molecule has 0 bridgehead atoms. The largest absolute Gasteiger partial charge is 0.478 e. The quantitative estimate of drug-likeness (QED) is 0.555. The summed E-state index contributed by atoms with van der Waals surface area (Å²) in [5.74, 6) is -1.79. The lowest BCUT2D eigenvalue weighted by Gasteiger charge is -2.26. The van der Waals surface area contributed by atoms with Crippen LogP contribution in [0.3, 0.4) is 0 Å². The highest BCUT2D eigenvalue weighted by Crippen LogP contribution is 2.21. The summed E-state index contributed by atoms with van der Waals surface area (Å²) < 4.78 is 4.98. The van der Waals surface area contributed by atoms with Gasteiger partial charge < -0.3 is 9.84 Å². The van der Waals surface area contributed by atoms with Gasteiger partial charge in [0.05, 0.1) is 0 Å². The first-order valence-electron chi connectivity index (χ1n) is 4.35. The summed E-state index contributed by atoms with van der Waals surface area (Å²) in [6.07, 6.45) is 1.41. The molecule has 0 saturated carbocycles. The van der Waals surface area contributed by atoms with E-state index in [-0.39, 0.29) is 11.5 Å². The molecule has 1 N–H and O–H groups in total. The fraction of sp³-hybridized carbons (Fsp3) is 0.600. The Labute approximate surface area is 83.6 Å². The summed E-state index contributed by atoms with van der Waals surface area (Å²) in [4.78, 5) is 21.1. The van der Waals surface area contributed by atoms with Crippen LogP contribution in [0.5, 0.6) is 0 Å². The van der Waals surface area contributed by atoms with Crippen LogP contribution in [0.2, 0.25) is 0 Å². The van der Waals surface area contributed by atoms with Gasteiger partial charge in [-0.15, -0.1) is 0 Å². The Bertz CT molecular complexity index is 247. The Hall–Kier alpha value is -1.32. The van der Waals surface area contributed by atoms with E-state index in [1.807, 2.05) is 20.8 Å². The average Bonchev–Trinajstić information content (AvgIpc) is 1.99.